The smallest absolute Gasteiger partial charge is 0.222 e. The number of rotatable bonds is 3. The van der Waals surface area contributed by atoms with Gasteiger partial charge in [0, 0.05) is 5.69 Å². The van der Waals surface area contributed by atoms with E-state index in [9.17, 15) is 0 Å². The van der Waals surface area contributed by atoms with Gasteiger partial charge >= 0.3 is 0 Å². The van der Waals surface area contributed by atoms with Crippen LogP contribution < -0.4 is 11.5 Å². The fraction of sp³-hybridized carbons (Fsp3) is 0.125. The Kier molecular flexibility index (Phi) is 3.16. The van der Waals surface area contributed by atoms with E-state index in [0.29, 0.717) is 29.2 Å². The van der Waals surface area contributed by atoms with Crippen molar-refractivity contribution in [3.63, 3.8) is 0 Å². The Morgan fingerprint density at radius 1 is 1.12 bits per heavy atom. The first-order valence-electron chi connectivity index (χ1n) is 7.38. The van der Waals surface area contributed by atoms with Crippen molar-refractivity contribution in [2.24, 2.45) is 0 Å². The number of furan rings is 1. The van der Waals surface area contributed by atoms with Gasteiger partial charge in [-0.1, -0.05) is 17.3 Å². The molecule has 0 aliphatic carbocycles. The first-order valence-corrected chi connectivity index (χ1v) is 7.38. The molecule has 0 radical (unpaired) electrons. The molecule has 0 atom stereocenters. The average Bonchev–Trinajstić information content (AvgIpc) is 3.21. The minimum atomic E-state index is 0.141. The Morgan fingerprint density at radius 3 is 2.79 bits per heavy atom. The van der Waals surface area contributed by atoms with Gasteiger partial charge in [0.15, 0.2) is 16.9 Å². The van der Waals surface area contributed by atoms with E-state index in [-0.39, 0.29) is 5.95 Å². The second kappa shape index (κ2) is 5.34. The van der Waals surface area contributed by atoms with Gasteiger partial charge in [0.05, 0.1) is 12.8 Å². The summed E-state index contributed by atoms with van der Waals surface area (Å²) in [5, 5.41) is 8.40. The molecule has 4 N–H and O–H groups in total. The number of hydrogen-bond donors (Lipinski definition) is 2. The summed E-state index contributed by atoms with van der Waals surface area (Å²) < 4.78 is 7.09. The van der Waals surface area contributed by atoms with Crippen LogP contribution in [0.5, 0.6) is 0 Å². The molecule has 1 aromatic carbocycles. The van der Waals surface area contributed by atoms with Gasteiger partial charge in [0.1, 0.15) is 5.69 Å². The number of nitrogens with two attached hydrogens (primary N) is 2. The summed E-state index contributed by atoms with van der Waals surface area (Å²) in [6.45, 7) is 2.46. The summed E-state index contributed by atoms with van der Waals surface area (Å²) in [5.41, 5.74) is 16.2. The van der Waals surface area contributed by atoms with Gasteiger partial charge in [0.2, 0.25) is 5.95 Å². The van der Waals surface area contributed by atoms with E-state index < -0.39 is 0 Å². The van der Waals surface area contributed by atoms with Crippen molar-refractivity contribution < 1.29 is 4.42 Å². The summed E-state index contributed by atoms with van der Waals surface area (Å²) in [5.74, 6) is 0.711. The Morgan fingerprint density at radius 2 is 2.00 bits per heavy atom. The molecule has 24 heavy (non-hydrogen) atoms. The summed E-state index contributed by atoms with van der Waals surface area (Å²) in [6.07, 6.45) is 1.57. The maximum atomic E-state index is 5.97. The molecule has 8 heteroatoms. The monoisotopic (exact) mass is 321 g/mol. The van der Waals surface area contributed by atoms with Gasteiger partial charge in [-0.15, -0.1) is 5.10 Å². The van der Waals surface area contributed by atoms with E-state index in [0.717, 1.165) is 16.8 Å². The third-order valence-electron chi connectivity index (χ3n) is 3.94. The Hall–Kier alpha value is -3.42. The van der Waals surface area contributed by atoms with E-state index in [1.54, 1.807) is 23.1 Å². The topological polar surface area (TPSA) is 122 Å². The molecule has 4 aromatic rings. The second-order valence-electron chi connectivity index (χ2n) is 5.46. The molecular weight excluding hydrogens is 306 g/mol. The minimum Gasteiger partial charge on any atom is -0.463 e. The Bertz CT molecular complexity index is 1020. The van der Waals surface area contributed by atoms with E-state index >= 15 is 0 Å². The zero-order chi connectivity index (χ0) is 16.7. The van der Waals surface area contributed by atoms with Crippen LogP contribution in [0.2, 0.25) is 0 Å². The second-order valence-corrected chi connectivity index (χ2v) is 5.46. The van der Waals surface area contributed by atoms with Gasteiger partial charge < -0.3 is 15.9 Å². The molecule has 0 unspecified atom stereocenters. The largest absolute Gasteiger partial charge is 0.463 e. The van der Waals surface area contributed by atoms with Crippen molar-refractivity contribution in [1.82, 2.24) is 25.0 Å². The van der Waals surface area contributed by atoms with Gasteiger partial charge in [-0.25, -0.2) is 9.67 Å². The highest BCUT2D eigenvalue weighted by molar-refractivity contribution is 5.85. The van der Waals surface area contributed by atoms with Crippen LogP contribution in [0.25, 0.3) is 22.6 Å². The molecule has 4 rings (SSSR count). The van der Waals surface area contributed by atoms with Gasteiger partial charge in [-0.3, -0.25) is 0 Å². The van der Waals surface area contributed by atoms with Crippen LogP contribution >= 0.6 is 0 Å². The zero-order valence-corrected chi connectivity index (χ0v) is 13.0. The van der Waals surface area contributed by atoms with E-state index in [1.165, 1.54) is 0 Å². The fourth-order valence-electron chi connectivity index (χ4n) is 2.60. The molecule has 0 spiro atoms. The van der Waals surface area contributed by atoms with Crippen molar-refractivity contribution in [3.05, 3.63) is 47.7 Å². The lowest BCUT2D eigenvalue weighted by molar-refractivity contribution is 0.580. The van der Waals surface area contributed by atoms with E-state index in [1.807, 2.05) is 25.1 Å². The number of nitrogens with zero attached hydrogens (tertiary/aromatic N) is 5. The van der Waals surface area contributed by atoms with Crippen LogP contribution in [0.4, 0.5) is 11.6 Å². The summed E-state index contributed by atoms with van der Waals surface area (Å²) in [7, 11) is 0. The maximum absolute atomic E-state index is 5.97. The molecule has 3 heterocycles. The van der Waals surface area contributed by atoms with Gasteiger partial charge in [-0.05, 0) is 36.2 Å². The van der Waals surface area contributed by atoms with Gasteiger partial charge in [-0.2, -0.15) is 4.98 Å². The third-order valence-corrected chi connectivity index (χ3v) is 3.94. The summed E-state index contributed by atoms with van der Waals surface area (Å²) >= 11 is 0. The summed E-state index contributed by atoms with van der Waals surface area (Å²) in [4.78, 5) is 8.52. The van der Waals surface area contributed by atoms with Gasteiger partial charge in [0.25, 0.3) is 0 Å². The number of hydrogen-bond acceptors (Lipinski definition) is 7. The molecular formula is C16H15N7O. The molecule has 0 aliphatic heterocycles. The normalized spacial score (nSPS) is 11.2. The predicted molar refractivity (Wildman–Crippen MR) is 89.9 cm³/mol. The molecule has 0 saturated carbocycles. The maximum Gasteiger partial charge on any atom is 0.222 e. The molecule has 0 bridgehead atoms. The molecule has 0 aliphatic rings. The highest BCUT2D eigenvalue weighted by Crippen LogP contribution is 2.26. The first-order chi connectivity index (χ1) is 11.6. The highest BCUT2D eigenvalue weighted by Gasteiger charge is 2.17. The number of nitrogen functional groups attached to an aromatic ring is 2. The number of aromatic nitrogens is 5. The Labute approximate surface area is 137 Å². The quantitative estimate of drug-likeness (QED) is 0.553. The van der Waals surface area contributed by atoms with E-state index in [4.69, 9.17) is 15.9 Å². The van der Waals surface area contributed by atoms with Crippen LogP contribution in [0.15, 0.2) is 41.0 Å². The van der Waals surface area contributed by atoms with Crippen LogP contribution in [0.1, 0.15) is 11.1 Å². The van der Waals surface area contributed by atoms with E-state index in [2.05, 4.69) is 20.3 Å². The lowest BCUT2D eigenvalue weighted by Gasteiger charge is -2.08. The predicted octanol–water partition coefficient (Wildman–Crippen LogP) is 2.00. The van der Waals surface area contributed by atoms with Crippen molar-refractivity contribution in [2.75, 3.05) is 11.5 Å². The molecule has 0 amide bonds. The first kappa shape index (κ1) is 14.2. The molecule has 0 fully saturated rings. The molecule has 120 valence electrons. The standard InChI is InChI=1S/C16H15N7O/c1-9-10(4-2-5-11(9)17)8-23-15-14(21-22-23)13(19-16(18)20-15)12-6-3-7-24-12/h2-7H,8,17H2,1H3,(H2,18,19,20). The Balaban J connectivity index is 1.85. The number of benzene rings is 1. The zero-order valence-electron chi connectivity index (χ0n) is 13.0. The summed E-state index contributed by atoms with van der Waals surface area (Å²) in [6, 6.07) is 9.35. The number of fused-ring (bicyclic) bond motifs is 1. The van der Waals surface area contributed by atoms with Crippen LogP contribution in [0.3, 0.4) is 0 Å². The lowest BCUT2D eigenvalue weighted by atomic mass is 10.1. The van der Waals surface area contributed by atoms with Crippen molar-refractivity contribution >= 4 is 22.8 Å². The molecule has 0 saturated heterocycles. The fourth-order valence-corrected chi connectivity index (χ4v) is 2.60. The van der Waals surface area contributed by atoms with Crippen LogP contribution in [-0.2, 0) is 6.54 Å². The SMILES string of the molecule is Cc1c(N)cccc1Cn1nnc2c(-c3ccco3)nc(N)nc21. The van der Waals surface area contributed by atoms with Crippen LogP contribution in [0, 0.1) is 6.92 Å². The third kappa shape index (κ3) is 2.24. The van der Waals surface area contributed by atoms with Crippen molar-refractivity contribution in [1.29, 1.82) is 0 Å². The number of anilines is 2. The molecule has 3 aromatic heterocycles. The average molecular weight is 321 g/mol. The lowest BCUT2D eigenvalue weighted by Crippen LogP contribution is -2.07. The van der Waals surface area contributed by atoms with Crippen molar-refractivity contribution in [2.45, 2.75) is 13.5 Å². The highest BCUT2D eigenvalue weighted by atomic mass is 16.3. The van der Waals surface area contributed by atoms with Crippen molar-refractivity contribution in [3.8, 4) is 11.5 Å². The minimum absolute atomic E-state index is 0.141. The molecule has 8 nitrogen and oxygen atoms in total. The van der Waals surface area contributed by atoms with Crippen LogP contribution in [-0.4, -0.2) is 25.0 Å².